The molecule has 0 aliphatic rings. The van der Waals surface area contributed by atoms with Crippen LogP contribution in [0.5, 0.6) is 0 Å². The van der Waals surface area contributed by atoms with Crippen molar-refractivity contribution in [3.05, 3.63) is 5.53 Å². The third kappa shape index (κ3) is 2.59. The van der Waals surface area contributed by atoms with E-state index in [2.05, 4.69) is 9.53 Å². The van der Waals surface area contributed by atoms with Crippen molar-refractivity contribution in [2.45, 2.75) is 6.92 Å². The van der Waals surface area contributed by atoms with Gasteiger partial charge in [-0.25, -0.2) is 9.59 Å². The van der Waals surface area contributed by atoms with Crippen LogP contribution in [0.3, 0.4) is 0 Å². The minimum absolute atomic E-state index is 0.0329. The summed E-state index contributed by atoms with van der Waals surface area (Å²) in [5.74, 6) is -2.77. The highest BCUT2D eigenvalue weighted by atomic mass is 16.5. The lowest BCUT2D eigenvalue weighted by Gasteiger charge is -1.91. The molecular weight excluding hydrogens is 152 g/mol. The van der Waals surface area contributed by atoms with Gasteiger partial charge in [-0.15, -0.1) is 0 Å². The van der Waals surface area contributed by atoms with Crippen LogP contribution in [-0.4, -0.2) is 34.2 Å². The maximum absolute atomic E-state index is 10.5. The Morgan fingerprint density at radius 1 is 1.64 bits per heavy atom. The van der Waals surface area contributed by atoms with Crippen molar-refractivity contribution in [1.29, 1.82) is 0 Å². The molecule has 0 saturated heterocycles. The van der Waals surface area contributed by atoms with Crippen LogP contribution in [0.1, 0.15) is 6.92 Å². The third-order valence-corrected chi connectivity index (χ3v) is 0.771. The summed E-state index contributed by atoms with van der Waals surface area (Å²) in [7, 11) is 0. The number of carbonyl (C=O) groups is 2. The first-order valence-corrected chi connectivity index (χ1v) is 2.76. The molecule has 60 valence electrons. The standard InChI is InChI=1S/C5H6N2O4/c1-2-11-5(10)3(7-6)4(8)9/h2H2,1H3,(H,8,9). The van der Waals surface area contributed by atoms with E-state index in [0.29, 0.717) is 0 Å². The molecule has 6 nitrogen and oxygen atoms in total. The van der Waals surface area contributed by atoms with Crippen LogP contribution in [0.2, 0.25) is 0 Å². The maximum atomic E-state index is 10.5. The lowest BCUT2D eigenvalue weighted by Crippen LogP contribution is -2.26. The number of carboxylic acids is 1. The Morgan fingerprint density at radius 3 is 2.45 bits per heavy atom. The Hall–Kier alpha value is -1.68. The summed E-state index contributed by atoms with van der Waals surface area (Å²) in [4.78, 5) is 22.8. The summed E-state index contributed by atoms with van der Waals surface area (Å²) >= 11 is 0. The van der Waals surface area contributed by atoms with Gasteiger partial charge in [0.15, 0.2) is 0 Å². The van der Waals surface area contributed by atoms with Crippen molar-refractivity contribution in [2.75, 3.05) is 6.61 Å². The van der Waals surface area contributed by atoms with E-state index >= 15 is 0 Å². The predicted octanol–water partition coefficient (Wildman–Crippen LogP) is -0.695. The quantitative estimate of drug-likeness (QED) is 0.193. The van der Waals surface area contributed by atoms with E-state index in [1.807, 2.05) is 0 Å². The van der Waals surface area contributed by atoms with E-state index < -0.39 is 17.7 Å². The van der Waals surface area contributed by atoms with E-state index in [-0.39, 0.29) is 6.61 Å². The van der Waals surface area contributed by atoms with Gasteiger partial charge in [-0.3, -0.25) is 0 Å². The first-order chi connectivity index (χ1) is 5.13. The number of esters is 1. The molecule has 0 bridgehead atoms. The number of hydrogen-bond acceptors (Lipinski definition) is 3. The molecule has 0 amide bonds. The molecule has 0 unspecified atom stereocenters. The second-order valence-electron chi connectivity index (χ2n) is 1.47. The molecule has 6 heteroatoms. The molecule has 0 rings (SSSR count). The summed E-state index contributed by atoms with van der Waals surface area (Å²) in [5.41, 5.74) is 6.98. The second kappa shape index (κ2) is 4.19. The molecule has 0 radical (unpaired) electrons. The first-order valence-electron chi connectivity index (χ1n) is 2.76. The summed E-state index contributed by atoms with van der Waals surface area (Å²) in [6, 6.07) is 0. The average molecular weight is 158 g/mol. The van der Waals surface area contributed by atoms with Crippen LogP contribution in [0.15, 0.2) is 0 Å². The van der Waals surface area contributed by atoms with Crippen LogP contribution in [0.4, 0.5) is 0 Å². The Labute approximate surface area is 62.0 Å². The molecule has 11 heavy (non-hydrogen) atoms. The highest BCUT2D eigenvalue weighted by Gasteiger charge is 2.30. The number of nitrogens with zero attached hydrogens (tertiary/aromatic N) is 2. The van der Waals surface area contributed by atoms with Gasteiger partial charge in [0.1, 0.15) is 0 Å². The molecule has 0 fully saturated rings. The van der Waals surface area contributed by atoms with Gasteiger partial charge in [0.05, 0.1) is 6.61 Å². The Kier molecular flexibility index (Phi) is 3.55. The van der Waals surface area contributed by atoms with E-state index in [1.54, 1.807) is 0 Å². The van der Waals surface area contributed by atoms with Gasteiger partial charge < -0.3 is 15.4 Å². The highest BCUT2D eigenvalue weighted by molar-refractivity contribution is 6.60. The fourth-order valence-corrected chi connectivity index (χ4v) is 0.370. The van der Waals surface area contributed by atoms with E-state index in [9.17, 15) is 9.59 Å². The zero-order valence-corrected chi connectivity index (χ0v) is 5.77. The molecule has 0 heterocycles. The summed E-state index contributed by atoms with van der Waals surface area (Å²) < 4.78 is 4.25. The van der Waals surface area contributed by atoms with Crippen LogP contribution < -0.4 is 0 Å². The average Bonchev–Trinajstić information content (AvgIpc) is 1.88. The predicted molar refractivity (Wildman–Crippen MR) is 32.9 cm³/mol. The van der Waals surface area contributed by atoms with Crippen molar-refractivity contribution in [1.82, 2.24) is 0 Å². The van der Waals surface area contributed by atoms with E-state index in [4.69, 9.17) is 10.6 Å². The fraction of sp³-hybridized carbons (Fsp3) is 0.400. The van der Waals surface area contributed by atoms with Gasteiger partial charge in [-0.2, -0.15) is 4.79 Å². The fourth-order valence-electron chi connectivity index (χ4n) is 0.370. The second-order valence-corrected chi connectivity index (χ2v) is 1.47. The molecule has 0 aliphatic heterocycles. The van der Waals surface area contributed by atoms with Gasteiger partial charge in [-0.1, -0.05) is 0 Å². The molecule has 0 saturated carbocycles. The number of hydrogen-bond donors (Lipinski definition) is 1. The Balaban J connectivity index is 4.42. The van der Waals surface area contributed by atoms with E-state index in [0.717, 1.165) is 0 Å². The lowest BCUT2D eigenvalue weighted by molar-refractivity contribution is -0.145. The maximum Gasteiger partial charge on any atom is 0.482 e. The Morgan fingerprint density at radius 2 is 2.18 bits per heavy atom. The first kappa shape index (κ1) is 9.32. The largest absolute Gasteiger partial charge is 0.482 e. The normalized spacial score (nSPS) is 8.09. The highest BCUT2D eigenvalue weighted by Crippen LogP contribution is 1.80. The minimum atomic E-state index is -1.62. The monoisotopic (exact) mass is 158 g/mol. The minimum Gasteiger partial charge on any atom is -0.472 e. The molecule has 0 atom stereocenters. The molecule has 1 N–H and O–H groups in total. The topological polar surface area (TPSA) is 100 Å². The van der Waals surface area contributed by atoms with Crippen LogP contribution in [0, 0.1) is 0 Å². The summed E-state index contributed by atoms with van der Waals surface area (Å²) in [6.07, 6.45) is 0. The van der Waals surface area contributed by atoms with Crippen molar-refractivity contribution in [2.24, 2.45) is 0 Å². The molecule has 0 aromatic carbocycles. The van der Waals surface area contributed by atoms with E-state index in [1.165, 1.54) is 6.92 Å². The number of aliphatic carboxylic acids is 1. The molecule has 0 spiro atoms. The van der Waals surface area contributed by atoms with Crippen molar-refractivity contribution >= 4 is 17.7 Å². The molecule has 0 aromatic heterocycles. The lowest BCUT2D eigenvalue weighted by atomic mass is 10.4. The third-order valence-electron chi connectivity index (χ3n) is 0.771. The smallest absolute Gasteiger partial charge is 0.472 e. The Bertz CT molecular complexity index is 229. The van der Waals surface area contributed by atoms with Crippen LogP contribution in [0.25, 0.3) is 5.53 Å². The van der Waals surface area contributed by atoms with Crippen molar-refractivity contribution in [3.8, 4) is 0 Å². The van der Waals surface area contributed by atoms with Gasteiger partial charge in [-0.05, 0) is 6.92 Å². The van der Waals surface area contributed by atoms with Gasteiger partial charge in [0.2, 0.25) is 0 Å². The van der Waals surface area contributed by atoms with Crippen molar-refractivity contribution in [3.63, 3.8) is 0 Å². The van der Waals surface area contributed by atoms with Crippen LogP contribution in [-0.2, 0) is 14.3 Å². The number of carboxylic acid groups (broad SMARTS) is 1. The SMILES string of the molecule is CCOC(=O)C(=[N+]=[N-])C(=O)O. The number of ether oxygens (including phenoxy) is 1. The zero-order valence-electron chi connectivity index (χ0n) is 5.77. The zero-order chi connectivity index (χ0) is 8.85. The summed E-state index contributed by atoms with van der Waals surface area (Å²) in [6.45, 7) is 1.54. The van der Waals surface area contributed by atoms with Gasteiger partial charge in [0, 0.05) is 0 Å². The van der Waals surface area contributed by atoms with Crippen LogP contribution >= 0.6 is 0 Å². The molecule has 0 aromatic rings. The van der Waals surface area contributed by atoms with Gasteiger partial charge in [0.25, 0.3) is 0 Å². The van der Waals surface area contributed by atoms with Crippen molar-refractivity contribution < 1.29 is 24.2 Å². The molecule has 0 aliphatic carbocycles. The van der Waals surface area contributed by atoms with Gasteiger partial charge >= 0.3 is 17.7 Å². The number of rotatable bonds is 3. The molecular formula is C5H6N2O4. The number of carbonyl (C=O) groups excluding carboxylic acids is 1. The summed E-state index contributed by atoms with van der Waals surface area (Å²) in [5, 5.41) is 8.18.